The molecule has 2 nitrogen and oxygen atoms in total. The maximum absolute atomic E-state index is 8.83. The molecule has 0 bridgehead atoms. The Morgan fingerprint density at radius 2 is 2.31 bits per heavy atom. The minimum Gasteiger partial charge on any atom is -0.347 e. The van der Waals surface area contributed by atoms with Crippen LogP contribution in [0.5, 0.6) is 0 Å². The summed E-state index contributed by atoms with van der Waals surface area (Å²) in [7, 11) is 0. The molecule has 0 spiro atoms. The van der Waals surface area contributed by atoms with Crippen molar-refractivity contribution in [2.75, 3.05) is 6.54 Å². The fourth-order valence-corrected chi connectivity index (χ4v) is 1.36. The van der Waals surface area contributed by atoms with Crippen LogP contribution < -0.4 is 0 Å². The maximum Gasteiger partial charge on any atom is 0.101 e. The molecule has 0 unspecified atom stereocenters. The molecule has 0 radical (unpaired) electrons. The van der Waals surface area contributed by atoms with Crippen LogP contribution in [0.15, 0.2) is 35.7 Å². The van der Waals surface area contributed by atoms with Crippen LogP contribution in [0, 0.1) is 11.3 Å². The molecule has 1 heterocycles. The summed E-state index contributed by atoms with van der Waals surface area (Å²) in [5.74, 6) is 0. The minimum absolute atomic E-state index is 0.674. The van der Waals surface area contributed by atoms with Crippen LogP contribution in [0.25, 0.3) is 0 Å². The van der Waals surface area contributed by atoms with Crippen molar-refractivity contribution in [1.29, 1.82) is 5.26 Å². The molecule has 68 valence electrons. The SMILES string of the molecule is C=C1C(C#N)=CC(C)=CN1CCC. The topological polar surface area (TPSA) is 27.0 Å². The van der Waals surface area contributed by atoms with Crippen molar-refractivity contribution < 1.29 is 0 Å². The smallest absolute Gasteiger partial charge is 0.101 e. The van der Waals surface area contributed by atoms with Crippen molar-refractivity contribution in [2.24, 2.45) is 0 Å². The Morgan fingerprint density at radius 1 is 1.62 bits per heavy atom. The van der Waals surface area contributed by atoms with Gasteiger partial charge in [0.2, 0.25) is 0 Å². The number of rotatable bonds is 2. The molecular formula is C11H14N2. The molecule has 13 heavy (non-hydrogen) atoms. The molecule has 0 aromatic rings. The molecule has 0 saturated heterocycles. The third-order valence-electron chi connectivity index (χ3n) is 1.97. The summed E-state index contributed by atoms with van der Waals surface area (Å²) in [6.07, 6.45) is 4.96. The van der Waals surface area contributed by atoms with E-state index >= 15 is 0 Å². The van der Waals surface area contributed by atoms with Gasteiger partial charge in [-0.15, -0.1) is 0 Å². The van der Waals surface area contributed by atoms with Crippen molar-refractivity contribution in [2.45, 2.75) is 20.3 Å². The third kappa shape index (κ3) is 2.00. The second-order valence-electron chi connectivity index (χ2n) is 3.18. The van der Waals surface area contributed by atoms with E-state index in [1.807, 2.05) is 24.1 Å². The summed E-state index contributed by atoms with van der Waals surface area (Å²) in [6, 6.07) is 2.15. The Labute approximate surface area is 79.5 Å². The number of nitriles is 1. The third-order valence-corrected chi connectivity index (χ3v) is 1.97. The van der Waals surface area contributed by atoms with E-state index in [1.165, 1.54) is 0 Å². The highest BCUT2D eigenvalue weighted by Crippen LogP contribution is 2.21. The van der Waals surface area contributed by atoms with Gasteiger partial charge in [0, 0.05) is 12.7 Å². The fourth-order valence-electron chi connectivity index (χ4n) is 1.36. The Bertz CT molecular complexity index is 315. The van der Waals surface area contributed by atoms with Crippen LogP contribution >= 0.6 is 0 Å². The highest BCUT2D eigenvalue weighted by Gasteiger charge is 2.13. The first kappa shape index (κ1) is 9.60. The average molecular weight is 174 g/mol. The summed E-state index contributed by atoms with van der Waals surface area (Å²) in [4.78, 5) is 2.04. The zero-order valence-corrected chi connectivity index (χ0v) is 8.17. The number of hydrogen-bond acceptors (Lipinski definition) is 2. The maximum atomic E-state index is 8.83. The molecule has 0 atom stereocenters. The molecule has 0 N–H and O–H groups in total. The molecule has 0 fully saturated rings. The van der Waals surface area contributed by atoms with Gasteiger partial charge < -0.3 is 4.90 Å². The van der Waals surface area contributed by atoms with E-state index in [9.17, 15) is 0 Å². The largest absolute Gasteiger partial charge is 0.347 e. The van der Waals surface area contributed by atoms with E-state index in [1.54, 1.807) is 0 Å². The molecule has 0 saturated carbocycles. The van der Waals surface area contributed by atoms with E-state index < -0.39 is 0 Å². The van der Waals surface area contributed by atoms with Crippen LogP contribution in [0.4, 0.5) is 0 Å². The van der Waals surface area contributed by atoms with Crippen LogP contribution in [-0.4, -0.2) is 11.4 Å². The summed E-state index contributed by atoms with van der Waals surface area (Å²) in [6.45, 7) is 8.92. The minimum atomic E-state index is 0.674. The van der Waals surface area contributed by atoms with Gasteiger partial charge in [-0.1, -0.05) is 13.5 Å². The fraction of sp³-hybridized carbons (Fsp3) is 0.364. The Hall–Kier alpha value is -1.49. The summed E-state index contributed by atoms with van der Waals surface area (Å²) in [5.41, 5.74) is 2.60. The van der Waals surface area contributed by atoms with Crippen molar-refractivity contribution >= 4 is 0 Å². The highest BCUT2D eigenvalue weighted by molar-refractivity contribution is 5.47. The second kappa shape index (κ2) is 3.95. The van der Waals surface area contributed by atoms with Gasteiger partial charge in [-0.05, 0) is 25.0 Å². The summed E-state index contributed by atoms with van der Waals surface area (Å²) in [5, 5.41) is 8.83. The molecular weight excluding hydrogens is 160 g/mol. The van der Waals surface area contributed by atoms with Crippen LogP contribution in [0.3, 0.4) is 0 Å². The van der Waals surface area contributed by atoms with Crippen LogP contribution in [0.2, 0.25) is 0 Å². The van der Waals surface area contributed by atoms with Gasteiger partial charge in [0.1, 0.15) is 6.07 Å². The van der Waals surface area contributed by atoms with Crippen molar-refractivity contribution in [1.82, 2.24) is 4.90 Å². The van der Waals surface area contributed by atoms with E-state index in [2.05, 4.69) is 19.6 Å². The van der Waals surface area contributed by atoms with Crippen LogP contribution in [-0.2, 0) is 0 Å². The molecule has 0 aromatic heterocycles. The number of allylic oxidation sites excluding steroid dienone is 3. The summed E-state index contributed by atoms with van der Waals surface area (Å²) >= 11 is 0. The first-order valence-corrected chi connectivity index (χ1v) is 4.45. The van der Waals surface area contributed by atoms with Gasteiger partial charge in [-0.25, -0.2) is 0 Å². The standard InChI is InChI=1S/C11H14N2/c1-4-5-13-8-9(2)6-11(7-12)10(13)3/h6,8H,3-5H2,1-2H3. The van der Waals surface area contributed by atoms with Crippen molar-refractivity contribution in [3.63, 3.8) is 0 Å². The molecule has 0 aromatic carbocycles. The average Bonchev–Trinajstić information content (AvgIpc) is 2.11. The Kier molecular flexibility index (Phi) is 2.92. The number of nitrogens with zero attached hydrogens (tertiary/aromatic N) is 2. The molecule has 1 rings (SSSR count). The lowest BCUT2D eigenvalue weighted by atomic mass is 10.1. The van der Waals surface area contributed by atoms with Crippen LogP contribution in [0.1, 0.15) is 20.3 Å². The van der Waals surface area contributed by atoms with Crippen molar-refractivity contribution in [3.05, 3.63) is 35.7 Å². The predicted molar refractivity (Wildman–Crippen MR) is 53.6 cm³/mol. The zero-order chi connectivity index (χ0) is 9.84. The summed E-state index contributed by atoms with van der Waals surface area (Å²) < 4.78 is 0. The van der Waals surface area contributed by atoms with Gasteiger partial charge in [0.15, 0.2) is 0 Å². The Morgan fingerprint density at radius 3 is 2.85 bits per heavy atom. The normalized spacial score (nSPS) is 16.4. The first-order chi connectivity index (χ1) is 6.19. The molecule has 0 amide bonds. The van der Waals surface area contributed by atoms with Gasteiger partial charge in [-0.2, -0.15) is 5.26 Å². The quantitative estimate of drug-likeness (QED) is 0.643. The molecule has 0 aliphatic carbocycles. The zero-order valence-electron chi connectivity index (χ0n) is 8.17. The molecule has 2 heteroatoms. The lowest BCUT2D eigenvalue weighted by molar-refractivity contribution is 0.466. The lowest BCUT2D eigenvalue weighted by Crippen LogP contribution is -2.20. The van der Waals surface area contributed by atoms with Crippen molar-refractivity contribution in [3.8, 4) is 6.07 Å². The predicted octanol–water partition coefficient (Wildman–Crippen LogP) is 2.58. The lowest BCUT2D eigenvalue weighted by Gasteiger charge is -2.25. The number of hydrogen-bond donors (Lipinski definition) is 0. The van der Waals surface area contributed by atoms with Gasteiger partial charge in [0.25, 0.3) is 0 Å². The Balaban J connectivity index is 2.90. The van der Waals surface area contributed by atoms with E-state index in [-0.39, 0.29) is 0 Å². The second-order valence-corrected chi connectivity index (χ2v) is 3.18. The van der Waals surface area contributed by atoms with E-state index in [4.69, 9.17) is 5.26 Å². The first-order valence-electron chi connectivity index (χ1n) is 4.45. The van der Waals surface area contributed by atoms with Gasteiger partial charge in [0.05, 0.1) is 11.3 Å². The molecule has 1 aliphatic rings. The van der Waals surface area contributed by atoms with Gasteiger partial charge in [-0.3, -0.25) is 0 Å². The monoisotopic (exact) mass is 174 g/mol. The van der Waals surface area contributed by atoms with Gasteiger partial charge >= 0.3 is 0 Å². The highest BCUT2D eigenvalue weighted by atomic mass is 15.1. The molecule has 1 aliphatic heterocycles. The van der Waals surface area contributed by atoms with E-state index in [0.29, 0.717) is 5.57 Å². The van der Waals surface area contributed by atoms with E-state index in [0.717, 1.165) is 24.2 Å².